The van der Waals surface area contributed by atoms with Crippen molar-refractivity contribution < 1.29 is 4.57 Å². The lowest BCUT2D eigenvalue weighted by molar-refractivity contribution is -0.643. The average Bonchev–Trinajstić information content (AvgIpc) is 3.26. The summed E-state index contributed by atoms with van der Waals surface area (Å²) in [7, 11) is 2.19. The van der Waals surface area contributed by atoms with E-state index in [0.717, 1.165) is 0 Å². The van der Waals surface area contributed by atoms with E-state index in [2.05, 4.69) is 128 Å². The number of aryl methyl sites for hydroxylation is 4. The van der Waals surface area contributed by atoms with Gasteiger partial charge in [-0.1, -0.05) is 78.4 Å². The van der Waals surface area contributed by atoms with E-state index in [1.807, 2.05) is 0 Å². The quantitative estimate of drug-likeness (QED) is 0.128. The molecule has 176 valence electrons. The summed E-state index contributed by atoms with van der Waals surface area (Å²) in [5, 5.41) is 9.31. The minimum absolute atomic E-state index is 1.25. The Kier molecular flexibility index (Phi) is 3.96. The van der Waals surface area contributed by atoms with Crippen molar-refractivity contribution in [2.24, 2.45) is 7.05 Å². The third kappa shape index (κ3) is 2.57. The molecule has 5 aromatic carbocycles. The van der Waals surface area contributed by atoms with E-state index in [1.165, 1.54) is 87.6 Å². The first-order valence-electron chi connectivity index (χ1n) is 13.0. The predicted octanol–water partition coefficient (Wildman–Crippen LogP) is 8.56. The van der Waals surface area contributed by atoms with Crippen LogP contribution in [0.15, 0.2) is 91.1 Å². The van der Waals surface area contributed by atoms with Crippen LogP contribution in [0.2, 0.25) is 0 Å². The fraction of sp³-hybridized carbons (Fsp3) is 0.114. The third-order valence-electron chi connectivity index (χ3n) is 8.55. The largest absolute Gasteiger partial charge is 0.307 e. The molecule has 0 atom stereocenters. The van der Waals surface area contributed by atoms with E-state index in [4.69, 9.17) is 0 Å². The monoisotopic (exact) mass is 475 g/mol. The number of benzene rings is 5. The van der Waals surface area contributed by atoms with Gasteiger partial charge in [0.2, 0.25) is 5.52 Å². The van der Waals surface area contributed by atoms with Gasteiger partial charge in [-0.25, -0.2) is 4.57 Å². The number of hydrogen-bond acceptors (Lipinski definition) is 0. The Morgan fingerprint density at radius 2 is 1.38 bits per heavy atom. The maximum Gasteiger partial charge on any atom is 0.224 e. The first kappa shape index (κ1) is 20.7. The van der Waals surface area contributed by atoms with Crippen molar-refractivity contribution in [3.05, 3.63) is 108 Å². The van der Waals surface area contributed by atoms with Crippen molar-refractivity contribution in [1.29, 1.82) is 0 Å². The summed E-state index contributed by atoms with van der Waals surface area (Å²) in [6.45, 7) is 6.81. The van der Waals surface area contributed by atoms with Crippen LogP contribution in [-0.4, -0.2) is 4.40 Å². The number of pyridine rings is 2. The van der Waals surface area contributed by atoms with Crippen LogP contribution < -0.4 is 4.57 Å². The van der Waals surface area contributed by atoms with Crippen LogP contribution in [0.4, 0.5) is 0 Å². The molecule has 37 heavy (non-hydrogen) atoms. The fourth-order valence-corrected chi connectivity index (χ4v) is 6.79. The van der Waals surface area contributed by atoms with E-state index < -0.39 is 0 Å². The lowest BCUT2D eigenvalue weighted by Crippen LogP contribution is -2.29. The Bertz CT molecular complexity index is 2220. The Hall–Kier alpha value is -4.43. The molecule has 2 heteroatoms. The van der Waals surface area contributed by atoms with Gasteiger partial charge in [-0.3, -0.25) is 0 Å². The van der Waals surface area contributed by atoms with Gasteiger partial charge < -0.3 is 4.40 Å². The molecule has 0 bridgehead atoms. The molecule has 3 heterocycles. The highest BCUT2D eigenvalue weighted by atomic mass is 15.0. The van der Waals surface area contributed by atoms with Crippen molar-refractivity contribution in [2.45, 2.75) is 20.8 Å². The molecule has 8 aromatic rings. The summed E-state index contributed by atoms with van der Waals surface area (Å²) in [5.74, 6) is 0. The smallest absolute Gasteiger partial charge is 0.224 e. The van der Waals surface area contributed by atoms with E-state index >= 15 is 0 Å². The SMILES string of the molecule is Cc1ccc2c(C)c3c(c(C)c2c1)n1c2cc(-c4ccccc4)ccc2c2ccc4cc[n+](C)c3c4c21. The van der Waals surface area contributed by atoms with Crippen molar-refractivity contribution >= 4 is 59.8 Å². The summed E-state index contributed by atoms with van der Waals surface area (Å²) in [6, 6.07) is 31.5. The molecule has 0 amide bonds. The summed E-state index contributed by atoms with van der Waals surface area (Å²) in [4.78, 5) is 0. The lowest BCUT2D eigenvalue weighted by atomic mass is 9.92. The molecule has 2 nitrogen and oxygen atoms in total. The van der Waals surface area contributed by atoms with Crippen molar-refractivity contribution in [1.82, 2.24) is 4.40 Å². The first-order valence-corrected chi connectivity index (χ1v) is 13.0. The van der Waals surface area contributed by atoms with Gasteiger partial charge in [0.25, 0.3) is 0 Å². The van der Waals surface area contributed by atoms with E-state index in [9.17, 15) is 0 Å². The topological polar surface area (TPSA) is 8.29 Å². The zero-order chi connectivity index (χ0) is 25.0. The Labute approximate surface area is 215 Å². The third-order valence-corrected chi connectivity index (χ3v) is 8.55. The number of nitrogens with zero attached hydrogens (tertiary/aromatic N) is 2. The van der Waals surface area contributed by atoms with Crippen LogP contribution in [-0.2, 0) is 7.05 Å². The molecule has 3 aromatic heterocycles. The van der Waals surface area contributed by atoms with E-state index in [0.29, 0.717) is 0 Å². The fourth-order valence-electron chi connectivity index (χ4n) is 6.79. The molecule has 0 unspecified atom stereocenters. The highest BCUT2D eigenvalue weighted by Crippen LogP contribution is 2.44. The number of fused-ring (bicyclic) bond motifs is 7. The normalized spacial score (nSPS) is 12.3. The first-order chi connectivity index (χ1) is 18.0. The van der Waals surface area contributed by atoms with Crippen molar-refractivity contribution in [2.75, 3.05) is 0 Å². The van der Waals surface area contributed by atoms with Crippen LogP contribution in [0.1, 0.15) is 16.7 Å². The Morgan fingerprint density at radius 3 is 2.22 bits per heavy atom. The second kappa shape index (κ2) is 7.08. The summed E-state index contributed by atoms with van der Waals surface area (Å²) in [6.07, 6.45) is 2.22. The zero-order valence-electron chi connectivity index (χ0n) is 21.6. The maximum atomic E-state index is 2.58. The molecule has 0 saturated carbocycles. The predicted molar refractivity (Wildman–Crippen MR) is 157 cm³/mol. The molecule has 0 spiro atoms. The molecule has 0 saturated heterocycles. The lowest BCUT2D eigenvalue weighted by Gasteiger charge is -2.17. The Morgan fingerprint density at radius 1 is 0.595 bits per heavy atom. The minimum atomic E-state index is 1.25. The minimum Gasteiger partial charge on any atom is -0.307 e. The molecule has 0 aliphatic carbocycles. The Balaban J connectivity index is 1.73. The van der Waals surface area contributed by atoms with E-state index in [-0.39, 0.29) is 0 Å². The summed E-state index contributed by atoms with van der Waals surface area (Å²) in [5.41, 5.74) is 11.7. The zero-order valence-corrected chi connectivity index (χ0v) is 21.6. The van der Waals surface area contributed by atoms with Crippen LogP contribution in [0.3, 0.4) is 0 Å². The van der Waals surface area contributed by atoms with Gasteiger partial charge in [0, 0.05) is 16.8 Å². The maximum absolute atomic E-state index is 2.58. The second-order valence-corrected chi connectivity index (χ2v) is 10.7. The number of rotatable bonds is 1. The van der Waals surface area contributed by atoms with Gasteiger partial charge in [-0.2, -0.15) is 0 Å². The summed E-state index contributed by atoms with van der Waals surface area (Å²) >= 11 is 0. The van der Waals surface area contributed by atoms with Gasteiger partial charge in [0.15, 0.2) is 6.20 Å². The molecule has 0 aliphatic heterocycles. The molecular weight excluding hydrogens is 448 g/mol. The molecule has 0 radical (unpaired) electrons. The molecule has 0 fully saturated rings. The van der Waals surface area contributed by atoms with Gasteiger partial charge in [0.05, 0.1) is 27.3 Å². The second-order valence-electron chi connectivity index (χ2n) is 10.7. The molecule has 8 rings (SSSR count). The van der Waals surface area contributed by atoms with Gasteiger partial charge in [-0.15, -0.1) is 0 Å². The van der Waals surface area contributed by atoms with Crippen LogP contribution in [0.25, 0.3) is 70.9 Å². The van der Waals surface area contributed by atoms with Crippen molar-refractivity contribution in [3.8, 4) is 11.1 Å². The average molecular weight is 476 g/mol. The molecule has 0 aliphatic rings. The van der Waals surface area contributed by atoms with Crippen LogP contribution in [0.5, 0.6) is 0 Å². The van der Waals surface area contributed by atoms with Crippen LogP contribution >= 0.6 is 0 Å². The standard InChI is InChI=1S/C35H27N2/c1-20-10-13-26-21(2)31-33(22(3)29(26)18-20)37-30-19-25(23-8-6-5-7-9-23)12-14-27(30)28-15-11-24-16-17-36(4)35(31)32(24)34(28)37/h5-19H,1-4H3/q+1. The van der Waals surface area contributed by atoms with Gasteiger partial charge >= 0.3 is 0 Å². The number of hydrogen-bond donors (Lipinski definition) is 0. The van der Waals surface area contributed by atoms with Gasteiger partial charge in [-0.05, 0) is 65.3 Å². The molecule has 0 N–H and O–H groups in total. The van der Waals surface area contributed by atoms with Gasteiger partial charge in [0.1, 0.15) is 7.05 Å². The van der Waals surface area contributed by atoms with E-state index in [1.54, 1.807) is 0 Å². The highest BCUT2D eigenvalue weighted by Gasteiger charge is 2.26. The number of aromatic nitrogens is 2. The van der Waals surface area contributed by atoms with Crippen LogP contribution in [0, 0.1) is 20.8 Å². The summed E-state index contributed by atoms with van der Waals surface area (Å²) < 4.78 is 4.90. The highest BCUT2D eigenvalue weighted by molar-refractivity contribution is 6.29. The van der Waals surface area contributed by atoms with Crippen molar-refractivity contribution in [3.63, 3.8) is 0 Å². The molecular formula is C35H27N2+.